The number of esters is 1. The minimum Gasteiger partial charge on any atom is -0.465 e. The van der Waals surface area contributed by atoms with E-state index in [2.05, 4.69) is 4.98 Å². The molecular weight excluding hydrogens is 460 g/mol. The number of H-pyrrole nitrogens is 1. The second-order valence-electron chi connectivity index (χ2n) is 7.70. The average molecular weight is 487 g/mol. The molecule has 9 heteroatoms. The third-order valence-electron chi connectivity index (χ3n) is 5.47. The first kappa shape index (κ1) is 26.2. The molecule has 7 nitrogen and oxygen atoms in total. The van der Waals surface area contributed by atoms with Crippen LogP contribution in [0.1, 0.15) is 37.5 Å². The highest BCUT2D eigenvalue weighted by atomic mass is 19.1. The lowest BCUT2D eigenvalue weighted by Crippen LogP contribution is -2.09. The van der Waals surface area contributed by atoms with E-state index in [0.717, 1.165) is 17.7 Å². The van der Waals surface area contributed by atoms with E-state index in [4.69, 9.17) is 19.3 Å². The number of aromatic amines is 1. The van der Waals surface area contributed by atoms with Crippen molar-refractivity contribution in [2.24, 2.45) is 0 Å². The van der Waals surface area contributed by atoms with Crippen molar-refractivity contribution in [1.29, 1.82) is 0 Å². The number of carbonyl (C=O) groups excluding carboxylic acids is 2. The molecule has 3 aromatic rings. The topological polar surface area (TPSA) is 97.9 Å². The summed E-state index contributed by atoms with van der Waals surface area (Å²) in [5, 5.41) is 8.65. The number of ether oxygens (including phenoxy) is 3. The van der Waals surface area contributed by atoms with E-state index in [9.17, 15) is 18.4 Å². The molecule has 0 amide bonds. The minimum atomic E-state index is -0.782. The van der Waals surface area contributed by atoms with E-state index in [0.29, 0.717) is 31.8 Å². The van der Waals surface area contributed by atoms with Gasteiger partial charge >= 0.3 is 5.97 Å². The molecule has 0 bridgehead atoms. The third-order valence-corrected chi connectivity index (χ3v) is 5.47. The number of hydrogen-bond acceptors (Lipinski definition) is 6. The summed E-state index contributed by atoms with van der Waals surface area (Å²) < 4.78 is 44.4. The highest BCUT2D eigenvalue weighted by Crippen LogP contribution is 2.35. The number of carbonyl (C=O) groups is 2. The van der Waals surface area contributed by atoms with Gasteiger partial charge in [-0.1, -0.05) is 24.3 Å². The maximum Gasteiger partial charge on any atom is 0.340 e. The number of methoxy groups -OCH3 is 1. The first-order chi connectivity index (χ1) is 16.9. The Labute approximate surface area is 201 Å². The molecule has 1 heterocycles. The van der Waals surface area contributed by atoms with Crippen LogP contribution in [-0.4, -0.2) is 62.0 Å². The molecule has 0 unspecified atom stereocenters. The fourth-order valence-corrected chi connectivity index (χ4v) is 3.64. The Morgan fingerprint density at radius 1 is 0.914 bits per heavy atom. The number of hydrogen-bond donors (Lipinski definition) is 2. The van der Waals surface area contributed by atoms with Gasteiger partial charge in [0.05, 0.1) is 51.4 Å². The van der Waals surface area contributed by atoms with Crippen molar-refractivity contribution >= 4 is 11.8 Å². The first-order valence-electron chi connectivity index (χ1n) is 11.0. The number of aromatic nitrogens is 1. The van der Waals surface area contributed by atoms with Crippen LogP contribution >= 0.6 is 0 Å². The summed E-state index contributed by atoms with van der Waals surface area (Å²) in [4.78, 5) is 28.4. The number of halogens is 2. The van der Waals surface area contributed by atoms with Gasteiger partial charge in [-0.05, 0) is 36.6 Å². The number of aliphatic hydroxyl groups excluding tert-OH is 1. The largest absolute Gasteiger partial charge is 0.465 e. The van der Waals surface area contributed by atoms with Crippen molar-refractivity contribution < 1.29 is 37.7 Å². The summed E-state index contributed by atoms with van der Waals surface area (Å²) in [6.07, 6.45) is 1.87. The summed E-state index contributed by atoms with van der Waals surface area (Å²) in [6, 6.07) is 8.74. The quantitative estimate of drug-likeness (QED) is 0.229. The molecular formula is C26H27F2NO6. The molecule has 0 aliphatic carbocycles. The summed E-state index contributed by atoms with van der Waals surface area (Å²) in [5.41, 5.74) is 0.884. The fourth-order valence-electron chi connectivity index (χ4n) is 3.64. The van der Waals surface area contributed by atoms with Gasteiger partial charge in [-0.3, -0.25) is 4.79 Å². The Kier molecular flexibility index (Phi) is 9.25. The highest BCUT2D eigenvalue weighted by molar-refractivity contribution is 6.15. The molecule has 0 radical (unpaired) electrons. The lowest BCUT2D eigenvalue weighted by atomic mass is 9.93. The van der Waals surface area contributed by atoms with Gasteiger partial charge in [0.2, 0.25) is 5.78 Å². The minimum absolute atomic E-state index is 0.0269. The van der Waals surface area contributed by atoms with Gasteiger partial charge in [-0.2, -0.15) is 0 Å². The van der Waals surface area contributed by atoms with Crippen LogP contribution in [0.25, 0.3) is 11.1 Å². The SMILES string of the molecule is COC(=O)c1c[nH]c(C(=O)c2ccc(CCOCCOCCO)cc2)c1-c1c(F)ccc(F)c1C. The van der Waals surface area contributed by atoms with Crippen molar-refractivity contribution in [2.45, 2.75) is 13.3 Å². The summed E-state index contributed by atoms with van der Waals surface area (Å²) in [5.74, 6) is -2.69. The second-order valence-corrected chi connectivity index (χ2v) is 7.70. The van der Waals surface area contributed by atoms with Crippen LogP contribution in [0, 0.1) is 18.6 Å². The maximum atomic E-state index is 14.8. The Morgan fingerprint density at radius 3 is 2.23 bits per heavy atom. The van der Waals surface area contributed by atoms with Crippen LogP contribution < -0.4 is 0 Å². The second kappa shape index (κ2) is 12.3. The molecule has 2 aromatic carbocycles. The number of benzene rings is 2. The molecule has 0 fully saturated rings. The molecule has 3 rings (SSSR count). The Bertz CT molecular complexity index is 1170. The number of ketones is 1. The Balaban J connectivity index is 1.82. The molecule has 1 aromatic heterocycles. The van der Waals surface area contributed by atoms with E-state index in [1.54, 1.807) is 24.3 Å². The molecule has 186 valence electrons. The monoisotopic (exact) mass is 487 g/mol. The van der Waals surface area contributed by atoms with Crippen LogP contribution in [0.5, 0.6) is 0 Å². The van der Waals surface area contributed by atoms with Gasteiger partial charge in [-0.15, -0.1) is 0 Å². The normalized spacial score (nSPS) is 11.0. The summed E-state index contributed by atoms with van der Waals surface area (Å²) in [6.45, 7) is 2.88. The van der Waals surface area contributed by atoms with Gasteiger partial charge in [-0.25, -0.2) is 13.6 Å². The molecule has 0 aliphatic rings. The Hall–Kier alpha value is -3.40. The van der Waals surface area contributed by atoms with Gasteiger partial charge in [0, 0.05) is 22.9 Å². The van der Waals surface area contributed by atoms with Gasteiger partial charge in [0.15, 0.2) is 0 Å². The van der Waals surface area contributed by atoms with Gasteiger partial charge in [0.25, 0.3) is 0 Å². The molecule has 2 N–H and O–H groups in total. The molecule has 35 heavy (non-hydrogen) atoms. The zero-order chi connectivity index (χ0) is 25.4. The zero-order valence-electron chi connectivity index (χ0n) is 19.5. The summed E-state index contributed by atoms with van der Waals surface area (Å²) in [7, 11) is 1.17. The van der Waals surface area contributed by atoms with E-state index in [-0.39, 0.29) is 41.2 Å². The van der Waals surface area contributed by atoms with Crippen LogP contribution in [0.4, 0.5) is 8.78 Å². The first-order valence-corrected chi connectivity index (χ1v) is 11.0. The zero-order valence-corrected chi connectivity index (χ0v) is 19.5. The lowest BCUT2D eigenvalue weighted by Gasteiger charge is -2.12. The van der Waals surface area contributed by atoms with Crippen LogP contribution in [0.3, 0.4) is 0 Å². The predicted octanol–water partition coefficient (Wildman–Crippen LogP) is 3.85. The molecule has 0 aliphatic heterocycles. The van der Waals surface area contributed by atoms with Crippen molar-refractivity contribution in [3.63, 3.8) is 0 Å². The maximum absolute atomic E-state index is 14.8. The molecule has 0 atom stereocenters. The van der Waals surface area contributed by atoms with Crippen molar-refractivity contribution in [1.82, 2.24) is 4.98 Å². The average Bonchev–Trinajstić information content (AvgIpc) is 3.30. The van der Waals surface area contributed by atoms with Gasteiger partial charge < -0.3 is 24.3 Å². The highest BCUT2D eigenvalue weighted by Gasteiger charge is 2.28. The van der Waals surface area contributed by atoms with Crippen LogP contribution in [-0.2, 0) is 20.6 Å². The van der Waals surface area contributed by atoms with E-state index >= 15 is 0 Å². The Morgan fingerprint density at radius 2 is 1.57 bits per heavy atom. The fraction of sp³-hybridized carbons (Fsp3) is 0.308. The van der Waals surface area contributed by atoms with Crippen LogP contribution in [0.2, 0.25) is 0 Å². The third kappa shape index (κ3) is 6.19. The standard InChI is InChI=1S/C26H27F2NO6/c1-16-20(27)7-8-21(28)22(16)23-19(26(32)33-2)15-29-24(23)25(31)18-5-3-17(4-6-18)9-11-34-13-14-35-12-10-30/h3-8,15,29-30H,9-14H2,1-2H3. The number of nitrogens with one attached hydrogen (secondary N) is 1. The molecule has 0 spiro atoms. The molecule has 0 saturated carbocycles. The number of rotatable bonds is 12. The van der Waals surface area contributed by atoms with Gasteiger partial charge in [0.1, 0.15) is 11.6 Å². The smallest absolute Gasteiger partial charge is 0.340 e. The van der Waals surface area contributed by atoms with Crippen molar-refractivity contribution in [3.8, 4) is 11.1 Å². The van der Waals surface area contributed by atoms with E-state index in [1.807, 2.05) is 0 Å². The van der Waals surface area contributed by atoms with Crippen LogP contribution in [0.15, 0.2) is 42.6 Å². The van der Waals surface area contributed by atoms with Crippen molar-refractivity contribution in [3.05, 3.63) is 82.2 Å². The molecule has 0 saturated heterocycles. The van der Waals surface area contributed by atoms with Crippen molar-refractivity contribution in [2.75, 3.05) is 40.1 Å². The summed E-state index contributed by atoms with van der Waals surface area (Å²) >= 11 is 0. The number of aliphatic hydroxyl groups is 1. The lowest BCUT2D eigenvalue weighted by molar-refractivity contribution is 0.0340. The van der Waals surface area contributed by atoms with E-state index in [1.165, 1.54) is 20.2 Å². The predicted molar refractivity (Wildman–Crippen MR) is 125 cm³/mol. The van der Waals surface area contributed by atoms with E-state index < -0.39 is 23.4 Å².